The zero-order valence-corrected chi connectivity index (χ0v) is 18.1. The number of nitrogens with zero attached hydrogens (tertiary/aromatic N) is 2. The summed E-state index contributed by atoms with van der Waals surface area (Å²) in [6.45, 7) is 1.82. The van der Waals surface area contributed by atoms with E-state index in [1.807, 2.05) is 6.92 Å². The summed E-state index contributed by atoms with van der Waals surface area (Å²) >= 11 is 0. The molecule has 8 nitrogen and oxygen atoms in total. The lowest BCUT2D eigenvalue weighted by atomic mass is 9.82. The van der Waals surface area contributed by atoms with Crippen molar-refractivity contribution in [1.29, 1.82) is 0 Å². The van der Waals surface area contributed by atoms with Crippen LogP contribution in [-0.4, -0.2) is 41.9 Å². The Morgan fingerprint density at radius 3 is 2.59 bits per heavy atom. The van der Waals surface area contributed by atoms with E-state index in [-0.39, 0.29) is 0 Å². The zero-order valence-electron chi connectivity index (χ0n) is 18.1. The van der Waals surface area contributed by atoms with Gasteiger partial charge in [0.2, 0.25) is 5.91 Å². The van der Waals surface area contributed by atoms with Crippen LogP contribution in [-0.2, 0) is 11.8 Å². The molecular formula is C23H23FN4O4. The van der Waals surface area contributed by atoms with E-state index in [0.29, 0.717) is 34.1 Å². The highest BCUT2D eigenvalue weighted by atomic mass is 19.1. The molecule has 2 aromatic carbocycles. The van der Waals surface area contributed by atoms with Gasteiger partial charge in [-0.25, -0.2) is 4.39 Å². The molecule has 2 N–H and O–H groups in total. The van der Waals surface area contributed by atoms with E-state index in [4.69, 9.17) is 9.47 Å². The fourth-order valence-electron chi connectivity index (χ4n) is 4.12. The minimum absolute atomic E-state index is 0.294. The number of nitrogens with one attached hydrogen (secondary N) is 2. The predicted molar refractivity (Wildman–Crippen MR) is 116 cm³/mol. The van der Waals surface area contributed by atoms with E-state index in [0.717, 1.165) is 5.56 Å². The standard InChI is InChI=1S/C23H23FN4O4/c1-12-18-19(13-6-5-7-15(24)10-13)20(23(30)26-21(18)28(2)27-12)25-22(29)14-8-9-16(31-3)17(11-14)32-4/h5-11,19-20H,1-4H3,(H,25,29)(H,26,30)/t19-,20+/m1/s1. The van der Waals surface area contributed by atoms with Crippen LogP contribution in [0.1, 0.15) is 33.1 Å². The largest absolute Gasteiger partial charge is 0.493 e. The number of benzene rings is 2. The SMILES string of the molecule is COc1ccc(C(=O)N[C@@H]2C(=O)Nc3c(c(C)nn3C)[C@H]2c2cccc(F)c2)cc1OC. The van der Waals surface area contributed by atoms with Gasteiger partial charge in [-0.2, -0.15) is 5.10 Å². The number of anilines is 1. The van der Waals surface area contributed by atoms with Gasteiger partial charge >= 0.3 is 0 Å². The summed E-state index contributed by atoms with van der Waals surface area (Å²) < 4.78 is 26.1. The van der Waals surface area contributed by atoms with Crippen molar-refractivity contribution >= 4 is 17.6 Å². The van der Waals surface area contributed by atoms with Crippen LogP contribution < -0.4 is 20.1 Å². The highest BCUT2D eigenvalue weighted by Gasteiger charge is 2.41. The van der Waals surface area contributed by atoms with Crippen LogP contribution in [0.5, 0.6) is 11.5 Å². The summed E-state index contributed by atoms with van der Waals surface area (Å²) in [5, 5.41) is 10.0. The summed E-state index contributed by atoms with van der Waals surface area (Å²) in [4.78, 5) is 26.2. The number of hydrogen-bond donors (Lipinski definition) is 2. The number of carbonyl (C=O) groups excluding carboxylic acids is 2. The van der Waals surface area contributed by atoms with E-state index >= 15 is 0 Å². The number of ether oxygens (including phenoxy) is 2. The van der Waals surface area contributed by atoms with Gasteiger partial charge in [-0.15, -0.1) is 0 Å². The van der Waals surface area contributed by atoms with Gasteiger partial charge in [-0.1, -0.05) is 12.1 Å². The molecule has 0 aliphatic carbocycles. The molecule has 0 spiro atoms. The lowest BCUT2D eigenvalue weighted by Gasteiger charge is -2.32. The van der Waals surface area contributed by atoms with Gasteiger partial charge in [-0.3, -0.25) is 14.3 Å². The molecule has 2 amide bonds. The molecule has 0 unspecified atom stereocenters. The van der Waals surface area contributed by atoms with Gasteiger partial charge in [0.05, 0.1) is 19.9 Å². The second-order valence-corrected chi connectivity index (χ2v) is 7.51. The van der Waals surface area contributed by atoms with Gasteiger partial charge in [-0.05, 0) is 42.8 Å². The van der Waals surface area contributed by atoms with Gasteiger partial charge < -0.3 is 20.1 Å². The second kappa shape index (κ2) is 8.33. The lowest BCUT2D eigenvalue weighted by molar-refractivity contribution is -0.118. The van der Waals surface area contributed by atoms with E-state index in [1.54, 1.807) is 36.0 Å². The molecule has 2 heterocycles. The Morgan fingerprint density at radius 1 is 1.16 bits per heavy atom. The van der Waals surface area contributed by atoms with Crippen molar-refractivity contribution < 1.29 is 23.5 Å². The third-order valence-corrected chi connectivity index (χ3v) is 5.58. The quantitative estimate of drug-likeness (QED) is 0.639. The Bertz CT molecular complexity index is 1210. The first-order chi connectivity index (χ1) is 15.3. The molecule has 2 atom stereocenters. The van der Waals surface area contributed by atoms with Crippen molar-refractivity contribution in [2.24, 2.45) is 7.05 Å². The smallest absolute Gasteiger partial charge is 0.252 e. The summed E-state index contributed by atoms with van der Waals surface area (Å²) in [5.41, 5.74) is 2.27. The highest BCUT2D eigenvalue weighted by molar-refractivity contribution is 6.04. The van der Waals surface area contributed by atoms with E-state index in [1.165, 1.54) is 32.4 Å². The molecule has 1 aliphatic rings. The second-order valence-electron chi connectivity index (χ2n) is 7.51. The van der Waals surface area contributed by atoms with Crippen molar-refractivity contribution in [1.82, 2.24) is 15.1 Å². The monoisotopic (exact) mass is 438 g/mol. The number of amides is 2. The maximum atomic E-state index is 14.1. The van der Waals surface area contributed by atoms with Gasteiger partial charge in [0.15, 0.2) is 11.5 Å². The Kier molecular flexibility index (Phi) is 5.56. The Labute approximate surface area is 184 Å². The molecule has 0 saturated heterocycles. The Morgan fingerprint density at radius 2 is 1.91 bits per heavy atom. The van der Waals surface area contributed by atoms with E-state index in [9.17, 15) is 14.0 Å². The molecule has 1 aromatic heterocycles. The van der Waals surface area contributed by atoms with Crippen LogP contribution in [0, 0.1) is 12.7 Å². The van der Waals surface area contributed by atoms with Crippen molar-refractivity contribution in [3.05, 3.63) is 70.7 Å². The molecule has 4 rings (SSSR count). The number of carbonyl (C=O) groups is 2. The van der Waals surface area contributed by atoms with Crippen LogP contribution in [0.3, 0.4) is 0 Å². The molecule has 3 aromatic rings. The first kappa shape index (κ1) is 21.4. The Balaban J connectivity index is 1.75. The summed E-state index contributed by atoms with van der Waals surface area (Å²) in [6.07, 6.45) is 0. The molecule has 0 bridgehead atoms. The van der Waals surface area contributed by atoms with Crippen LogP contribution in [0.15, 0.2) is 42.5 Å². The number of aromatic nitrogens is 2. The summed E-state index contributed by atoms with van der Waals surface area (Å²) in [5.74, 6) is -0.540. The molecule has 0 saturated carbocycles. The van der Waals surface area contributed by atoms with Crippen LogP contribution >= 0.6 is 0 Å². The molecule has 166 valence electrons. The fraction of sp³-hybridized carbons (Fsp3) is 0.261. The highest BCUT2D eigenvalue weighted by Crippen LogP contribution is 2.39. The van der Waals surface area contributed by atoms with Gasteiger partial charge in [0, 0.05) is 24.1 Å². The molecule has 0 fully saturated rings. The van der Waals surface area contributed by atoms with Gasteiger partial charge in [0.1, 0.15) is 17.7 Å². The maximum absolute atomic E-state index is 14.1. The first-order valence-electron chi connectivity index (χ1n) is 9.96. The molecule has 32 heavy (non-hydrogen) atoms. The van der Waals surface area contributed by atoms with Gasteiger partial charge in [0.25, 0.3) is 5.91 Å². The van der Waals surface area contributed by atoms with Crippen LogP contribution in [0.25, 0.3) is 0 Å². The number of hydrogen-bond acceptors (Lipinski definition) is 5. The molecule has 0 radical (unpaired) electrons. The molecule has 9 heteroatoms. The number of aryl methyl sites for hydroxylation is 2. The number of halogens is 1. The van der Waals surface area contributed by atoms with E-state index < -0.39 is 29.6 Å². The van der Waals surface area contributed by atoms with Crippen molar-refractivity contribution in [2.45, 2.75) is 18.9 Å². The molecule has 1 aliphatic heterocycles. The normalized spacial score (nSPS) is 17.3. The van der Waals surface area contributed by atoms with Crippen molar-refractivity contribution in [3.63, 3.8) is 0 Å². The first-order valence-corrected chi connectivity index (χ1v) is 9.96. The minimum atomic E-state index is -0.979. The topological polar surface area (TPSA) is 94.5 Å². The summed E-state index contributed by atoms with van der Waals surface area (Å²) in [7, 11) is 4.69. The molecular weight excluding hydrogens is 415 g/mol. The fourth-order valence-corrected chi connectivity index (χ4v) is 4.12. The number of methoxy groups -OCH3 is 2. The minimum Gasteiger partial charge on any atom is -0.493 e. The number of fused-ring (bicyclic) bond motifs is 1. The maximum Gasteiger partial charge on any atom is 0.252 e. The predicted octanol–water partition coefficient (Wildman–Crippen LogP) is 2.77. The van der Waals surface area contributed by atoms with E-state index in [2.05, 4.69) is 15.7 Å². The third kappa shape index (κ3) is 3.66. The number of rotatable bonds is 5. The van der Waals surface area contributed by atoms with Crippen LogP contribution in [0.4, 0.5) is 10.2 Å². The average molecular weight is 438 g/mol. The zero-order chi connectivity index (χ0) is 23.0. The lowest BCUT2D eigenvalue weighted by Crippen LogP contribution is -2.50. The summed E-state index contributed by atoms with van der Waals surface area (Å²) in [6, 6.07) is 9.77. The average Bonchev–Trinajstić information content (AvgIpc) is 3.06. The third-order valence-electron chi connectivity index (χ3n) is 5.58. The van der Waals surface area contributed by atoms with Crippen LogP contribution in [0.2, 0.25) is 0 Å². The van der Waals surface area contributed by atoms with Crippen molar-refractivity contribution in [3.8, 4) is 11.5 Å². The van der Waals surface area contributed by atoms with Crippen molar-refractivity contribution in [2.75, 3.05) is 19.5 Å². The Hall–Kier alpha value is -3.88.